The van der Waals surface area contributed by atoms with E-state index >= 15 is 0 Å². The van der Waals surface area contributed by atoms with Crippen molar-refractivity contribution >= 4 is 11.5 Å². The van der Waals surface area contributed by atoms with Gasteiger partial charge in [0.2, 0.25) is 5.88 Å². The molecule has 6 nitrogen and oxygen atoms in total. The minimum Gasteiger partial charge on any atom is -0.439 e. The van der Waals surface area contributed by atoms with Crippen molar-refractivity contribution in [3.05, 3.63) is 59.9 Å². The van der Waals surface area contributed by atoms with Crippen LogP contribution in [0.1, 0.15) is 43.0 Å². The molecule has 1 N–H and O–H groups in total. The summed E-state index contributed by atoms with van der Waals surface area (Å²) in [5, 5.41) is 8.30. The van der Waals surface area contributed by atoms with Crippen LogP contribution in [-0.2, 0) is 17.6 Å². The minimum atomic E-state index is 0.341. The predicted molar refractivity (Wildman–Crippen MR) is 112 cm³/mol. The first-order valence-electron chi connectivity index (χ1n) is 10.5. The number of hydrogen-bond acceptors (Lipinski definition) is 5. The van der Waals surface area contributed by atoms with Gasteiger partial charge in [0.25, 0.3) is 0 Å². The number of para-hydroxylation sites is 1. The van der Waals surface area contributed by atoms with Crippen molar-refractivity contribution in [3.8, 4) is 11.6 Å². The van der Waals surface area contributed by atoms with Crippen LogP contribution in [0.4, 0.5) is 11.5 Å². The molecule has 2 aliphatic rings. The largest absolute Gasteiger partial charge is 0.439 e. The van der Waals surface area contributed by atoms with Gasteiger partial charge in [0.1, 0.15) is 11.6 Å². The van der Waals surface area contributed by atoms with E-state index in [0.29, 0.717) is 6.04 Å². The second-order valence-electron chi connectivity index (χ2n) is 7.70. The Labute approximate surface area is 170 Å². The number of hydrogen-bond donors (Lipinski definition) is 1. The molecular weight excluding hydrogens is 364 g/mol. The van der Waals surface area contributed by atoms with E-state index in [9.17, 15) is 0 Å². The lowest BCUT2D eigenvalue weighted by atomic mass is 9.98. The Morgan fingerprint density at radius 1 is 1.03 bits per heavy atom. The molecule has 0 spiro atoms. The Morgan fingerprint density at radius 2 is 1.86 bits per heavy atom. The van der Waals surface area contributed by atoms with E-state index in [-0.39, 0.29) is 0 Å². The number of aryl methyl sites for hydroxylation is 1. The number of benzene rings is 1. The molecule has 1 saturated heterocycles. The lowest BCUT2D eigenvalue weighted by Crippen LogP contribution is -2.21. The second-order valence-corrected chi connectivity index (χ2v) is 7.70. The van der Waals surface area contributed by atoms with Crippen LogP contribution in [0.3, 0.4) is 0 Å². The molecule has 150 valence electrons. The number of nitrogens with one attached hydrogen (secondary N) is 1. The molecule has 0 radical (unpaired) electrons. The van der Waals surface area contributed by atoms with Crippen molar-refractivity contribution < 1.29 is 9.47 Å². The number of pyridine rings is 1. The number of rotatable bonds is 5. The monoisotopic (exact) mass is 390 g/mol. The summed E-state index contributed by atoms with van der Waals surface area (Å²) >= 11 is 0. The Bertz CT molecular complexity index is 964. The molecule has 29 heavy (non-hydrogen) atoms. The highest BCUT2D eigenvalue weighted by molar-refractivity contribution is 5.57. The van der Waals surface area contributed by atoms with Crippen molar-refractivity contribution in [1.29, 1.82) is 0 Å². The van der Waals surface area contributed by atoms with Crippen LogP contribution >= 0.6 is 0 Å². The summed E-state index contributed by atoms with van der Waals surface area (Å²) in [5.74, 6) is 2.45. The number of fused-ring (bicyclic) bond motifs is 1. The molecule has 0 bridgehead atoms. The van der Waals surface area contributed by atoms with Crippen molar-refractivity contribution in [2.24, 2.45) is 0 Å². The van der Waals surface area contributed by atoms with Gasteiger partial charge in [0.15, 0.2) is 0 Å². The van der Waals surface area contributed by atoms with Crippen LogP contribution in [0.25, 0.3) is 0 Å². The number of ether oxygens (including phenoxy) is 2. The summed E-state index contributed by atoms with van der Waals surface area (Å²) in [6.07, 6.45) is 8.22. The van der Waals surface area contributed by atoms with Crippen LogP contribution in [0, 0.1) is 0 Å². The van der Waals surface area contributed by atoms with Crippen LogP contribution in [-0.4, -0.2) is 28.0 Å². The fraction of sp³-hybridized carbons (Fsp3) is 0.391. The van der Waals surface area contributed by atoms with Crippen molar-refractivity contribution in [2.75, 3.05) is 18.5 Å². The van der Waals surface area contributed by atoms with Gasteiger partial charge >= 0.3 is 0 Å². The summed E-state index contributed by atoms with van der Waals surface area (Å²) < 4.78 is 14.1. The van der Waals surface area contributed by atoms with E-state index in [1.807, 2.05) is 42.5 Å². The topological polar surface area (TPSA) is 61.2 Å². The number of anilines is 2. The second kappa shape index (κ2) is 8.25. The molecule has 0 saturated carbocycles. The third kappa shape index (κ3) is 3.98. The maximum absolute atomic E-state index is 6.46. The minimum absolute atomic E-state index is 0.341. The summed E-state index contributed by atoms with van der Waals surface area (Å²) in [6.45, 7) is 1.57. The molecule has 5 rings (SSSR count). The maximum Gasteiger partial charge on any atom is 0.221 e. The lowest BCUT2D eigenvalue weighted by Gasteiger charge is -2.24. The van der Waals surface area contributed by atoms with Crippen LogP contribution in [0.5, 0.6) is 11.6 Å². The highest BCUT2D eigenvalue weighted by atomic mass is 16.5. The van der Waals surface area contributed by atoms with E-state index in [0.717, 1.165) is 62.0 Å². The average Bonchev–Trinajstić information content (AvgIpc) is 3.14. The van der Waals surface area contributed by atoms with Gasteiger partial charge in [-0.05, 0) is 56.7 Å². The molecule has 1 aromatic carbocycles. The summed E-state index contributed by atoms with van der Waals surface area (Å²) in [7, 11) is 0. The molecule has 6 heteroatoms. The fourth-order valence-electron chi connectivity index (χ4n) is 4.15. The summed E-state index contributed by atoms with van der Waals surface area (Å²) in [4.78, 5) is 4.43. The molecule has 3 aromatic rings. The molecule has 0 atom stereocenters. The standard InChI is InChI=1S/C23H26N4O2/c1-2-6-17(7-3-1)25-22-16-19(10-13-24-22)29-23-20-8-4-5-9-21(20)26-27(23)18-11-14-28-15-12-18/h1-3,6-7,10,13,16,18H,4-5,8-9,11-12,14-15H2,(H,24,25). The van der Waals surface area contributed by atoms with Gasteiger partial charge in [-0.1, -0.05) is 18.2 Å². The molecule has 1 fully saturated rings. The van der Waals surface area contributed by atoms with Gasteiger partial charge in [-0.2, -0.15) is 5.10 Å². The van der Waals surface area contributed by atoms with Gasteiger partial charge in [0, 0.05) is 36.7 Å². The number of nitrogens with zero attached hydrogens (tertiary/aromatic N) is 3. The Balaban J connectivity index is 1.44. The Morgan fingerprint density at radius 3 is 2.72 bits per heavy atom. The van der Waals surface area contributed by atoms with Gasteiger partial charge < -0.3 is 14.8 Å². The zero-order chi connectivity index (χ0) is 19.5. The molecule has 1 aliphatic carbocycles. The molecule has 0 unspecified atom stereocenters. The Kier molecular flexibility index (Phi) is 5.17. The maximum atomic E-state index is 6.46. The highest BCUT2D eigenvalue weighted by Gasteiger charge is 2.27. The van der Waals surface area contributed by atoms with E-state index in [4.69, 9.17) is 14.6 Å². The SMILES string of the molecule is c1ccc(Nc2cc(Oc3c4c(nn3C3CCOCC3)CCCC4)ccn2)cc1. The Hall–Kier alpha value is -2.86. The van der Waals surface area contributed by atoms with Crippen molar-refractivity contribution in [2.45, 2.75) is 44.6 Å². The van der Waals surface area contributed by atoms with Crippen LogP contribution in [0.15, 0.2) is 48.7 Å². The predicted octanol–water partition coefficient (Wildman–Crippen LogP) is 5.04. The summed E-state index contributed by atoms with van der Waals surface area (Å²) in [6, 6.07) is 14.2. The zero-order valence-electron chi connectivity index (χ0n) is 16.5. The van der Waals surface area contributed by atoms with Gasteiger partial charge in [0.05, 0.1) is 11.7 Å². The smallest absolute Gasteiger partial charge is 0.221 e. The van der Waals surface area contributed by atoms with Crippen molar-refractivity contribution in [1.82, 2.24) is 14.8 Å². The van der Waals surface area contributed by atoms with Crippen molar-refractivity contribution in [3.63, 3.8) is 0 Å². The van der Waals surface area contributed by atoms with Crippen LogP contribution < -0.4 is 10.1 Å². The number of aromatic nitrogens is 3. The molecule has 0 amide bonds. The molecule has 3 heterocycles. The van der Waals surface area contributed by atoms with Gasteiger partial charge in [-0.3, -0.25) is 0 Å². The van der Waals surface area contributed by atoms with Crippen LogP contribution in [0.2, 0.25) is 0 Å². The van der Waals surface area contributed by atoms with Gasteiger partial charge in [-0.25, -0.2) is 9.67 Å². The normalized spacial score (nSPS) is 17.0. The quantitative estimate of drug-likeness (QED) is 0.661. The molecule has 1 aliphatic heterocycles. The molecule has 2 aromatic heterocycles. The van der Waals surface area contributed by atoms with E-state index < -0.39 is 0 Å². The van der Waals surface area contributed by atoms with E-state index in [2.05, 4.69) is 15.0 Å². The van der Waals surface area contributed by atoms with Gasteiger partial charge in [-0.15, -0.1) is 0 Å². The summed E-state index contributed by atoms with van der Waals surface area (Å²) in [5.41, 5.74) is 3.48. The zero-order valence-corrected chi connectivity index (χ0v) is 16.5. The third-order valence-electron chi connectivity index (χ3n) is 5.66. The first kappa shape index (κ1) is 18.2. The fourth-order valence-corrected chi connectivity index (χ4v) is 4.15. The highest BCUT2D eigenvalue weighted by Crippen LogP contribution is 2.37. The average molecular weight is 390 g/mol. The first-order valence-corrected chi connectivity index (χ1v) is 10.5. The van der Waals surface area contributed by atoms with E-state index in [1.165, 1.54) is 24.1 Å². The molecular formula is C23H26N4O2. The lowest BCUT2D eigenvalue weighted by molar-refractivity contribution is 0.0641. The first-order chi connectivity index (χ1) is 14.4. The third-order valence-corrected chi connectivity index (χ3v) is 5.66. The van der Waals surface area contributed by atoms with E-state index in [1.54, 1.807) is 6.20 Å².